The number of carbonyl (C=O) groups excluding carboxylic acids is 2. The summed E-state index contributed by atoms with van der Waals surface area (Å²) < 4.78 is 0. The maximum atomic E-state index is 12.8. The second-order valence-electron chi connectivity index (χ2n) is 10.6. The van der Waals surface area contributed by atoms with Crippen molar-refractivity contribution in [1.82, 2.24) is 5.48 Å². The summed E-state index contributed by atoms with van der Waals surface area (Å²) in [6.45, 7) is 12.8. The lowest BCUT2D eigenvalue weighted by atomic mass is 9.63. The van der Waals surface area contributed by atoms with Crippen LogP contribution in [0.4, 0.5) is 0 Å². The van der Waals surface area contributed by atoms with Crippen molar-refractivity contribution in [1.29, 1.82) is 0 Å². The van der Waals surface area contributed by atoms with E-state index >= 15 is 0 Å². The second-order valence-corrected chi connectivity index (χ2v) is 11.7. The summed E-state index contributed by atoms with van der Waals surface area (Å²) in [7, 11) is 0. The molecular formula is C30H33NO3S. The summed E-state index contributed by atoms with van der Waals surface area (Å²) in [5.74, 6) is -1.02. The van der Waals surface area contributed by atoms with Crippen LogP contribution in [0.5, 0.6) is 0 Å². The molecule has 1 N–H and O–H groups in total. The van der Waals surface area contributed by atoms with E-state index in [1.807, 2.05) is 42.5 Å². The van der Waals surface area contributed by atoms with Crippen molar-refractivity contribution in [3.05, 3.63) is 82.9 Å². The van der Waals surface area contributed by atoms with Gasteiger partial charge in [0.1, 0.15) is 0 Å². The summed E-state index contributed by atoms with van der Waals surface area (Å²) in [5.41, 5.74) is 8.87. The first kappa shape index (κ1) is 25.1. The molecule has 4 rings (SSSR count). The topological polar surface area (TPSA) is 55.4 Å². The van der Waals surface area contributed by atoms with E-state index in [0.29, 0.717) is 5.56 Å². The van der Waals surface area contributed by atoms with Crippen LogP contribution in [0.25, 0.3) is 11.1 Å². The molecule has 5 heteroatoms. The van der Waals surface area contributed by atoms with Gasteiger partial charge in [-0.2, -0.15) is 5.48 Å². The molecule has 0 spiro atoms. The highest BCUT2D eigenvalue weighted by Gasteiger charge is 2.37. The zero-order chi connectivity index (χ0) is 25.4. The second kappa shape index (κ2) is 9.54. The van der Waals surface area contributed by atoms with E-state index in [9.17, 15) is 9.59 Å². The van der Waals surface area contributed by atoms with Crippen LogP contribution in [0.15, 0.2) is 70.5 Å². The van der Waals surface area contributed by atoms with Crippen LogP contribution in [-0.2, 0) is 20.5 Å². The van der Waals surface area contributed by atoms with E-state index < -0.39 is 11.9 Å². The van der Waals surface area contributed by atoms with E-state index in [1.165, 1.54) is 41.4 Å². The Hall–Kier alpha value is -3.05. The Morgan fingerprint density at radius 2 is 1.51 bits per heavy atom. The predicted octanol–water partition coefficient (Wildman–Crippen LogP) is 7.37. The van der Waals surface area contributed by atoms with Crippen molar-refractivity contribution < 1.29 is 14.4 Å². The molecule has 0 atom stereocenters. The molecule has 0 saturated heterocycles. The lowest BCUT2D eigenvalue weighted by molar-refractivity contribution is -0.146. The molecule has 0 bridgehead atoms. The molecular weight excluding hydrogens is 454 g/mol. The molecule has 0 aliphatic heterocycles. The van der Waals surface area contributed by atoms with Gasteiger partial charge >= 0.3 is 5.97 Å². The fourth-order valence-corrected chi connectivity index (χ4v) is 5.72. The fourth-order valence-electron chi connectivity index (χ4n) is 4.75. The fraction of sp³-hybridized carbons (Fsp3) is 0.333. The predicted molar refractivity (Wildman–Crippen MR) is 142 cm³/mol. The largest absolute Gasteiger partial charge is 0.341 e. The molecule has 3 aromatic rings. The number of hydrogen-bond donors (Lipinski definition) is 1. The van der Waals surface area contributed by atoms with Gasteiger partial charge in [-0.3, -0.25) is 9.59 Å². The molecule has 0 saturated carbocycles. The third-order valence-electron chi connectivity index (χ3n) is 6.98. The quantitative estimate of drug-likeness (QED) is 0.390. The summed E-state index contributed by atoms with van der Waals surface area (Å²) in [4.78, 5) is 30.9. The van der Waals surface area contributed by atoms with Crippen molar-refractivity contribution in [3.8, 4) is 11.1 Å². The number of nitrogens with one attached hydrogen (secondary N) is 1. The third kappa shape index (κ3) is 5.30. The highest BCUT2D eigenvalue weighted by atomic mass is 32.2. The zero-order valence-corrected chi connectivity index (χ0v) is 22.1. The molecule has 1 aliphatic carbocycles. The van der Waals surface area contributed by atoms with Gasteiger partial charge < -0.3 is 4.84 Å². The number of rotatable bonds is 4. The van der Waals surface area contributed by atoms with Crippen molar-refractivity contribution >= 4 is 23.6 Å². The Bertz CT molecular complexity index is 1280. The van der Waals surface area contributed by atoms with Crippen LogP contribution < -0.4 is 5.48 Å². The smallest absolute Gasteiger partial charge is 0.329 e. The van der Waals surface area contributed by atoms with Crippen molar-refractivity contribution in [2.45, 2.75) is 75.0 Å². The normalized spacial score (nSPS) is 15.7. The van der Waals surface area contributed by atoms with Crippen molar-refractivity contribution in [2.24, 2.45) is 0 Å². The Labute approximate surface area is 212 Å². The Morgan fingerprint density at radius 3 is 2.14 bits per heavy atom. The first-order valence-electron chi connectivity index (χ1n) is 12.0. The molecule has 182 valence electrons. The Morgan fingerprint density at radius 1 is 0.886 bits per heavy atom. The van der Waals surface area contributed by atoms with Crippen LogP contribution in [0, 0.1) is 6.92 Å². The minimum absolute atomic E-state index is 0.141. The Balaban J connectivity index is 1.74. The average molecular weight is 488 g/mol. The number of aryl methyl sites for hydroxylation is 1. The molecule has 0 aromatic heterocycles. The van der Waals surface area contributed by atoms with Crippen LogP contribution in [0.1, 0.15) is 74.5 Å². The standard InChI is InChI=1S/C30H33NO3S/c1-19-16-25-26(30(5,6)15-14-29(25,3)4)18-27(19)35-22-12-13-23(28(33)31-34-20(2)32)24(17-22)21-10-8-7-9-11-21/h7-13,16-18H,14-15H2,1-6H3,(H,31,33). The van der Waals surface area contributed by atoms with Crippen LogP contribution in [0.3, 0.4) is 0 Å². The van der Waals surface area contributed by atoms with Gasteiger partial charge in [0.15, 0.2) is 0 Å². The van der Waals surface area contributed by atoms with Crippen LogP contribution >= 0.6 is 11.8 Å². The van der Waals surface area contributed by atoms with Gasteiger partial charge in [-0.1, -0.05) is 75.9 Å². The monoisotopic (exact) mass is 487 g/mol. The van der Waals surface area contributed by atoms with E-state index in [2.05, 4.69) is 52.2 Å². The number of carbonyl (C=O) groups is 2. The summed E-state index contributed by atoms with van der Waals surface area (Å²) >= 11 is 1.72. The van der Waals surface area contributed by atoms with Gasteiger partial charge in [-0.05, 0) is 82.7 Å². The van der Waals surface area contributed by atoms with E-state index in [1.54, 1.807) is 17.8 Å². The minimum Gasteiger partial charge on any atom is -0.341 e. The lowest BCUT2D eigenvalue weighted by Crippen LogP contribution is -2.34. The third-order valence-corrected chi connectivity index (χ3v) is 8.13. The molecule has 3 aromatic carbocycles. The van der Waals surface area contributed by atoms with Gasteiger partial charge in [0.05, 0.1) is 5.56 Å². The molecule has 0 fully saturated rings. The minimum atomic E-state index is -0.569. The molecule has 35 heavy (non-hydrogen) atoms. The highest BCUT2D eigenvalue weighted by Crippen LogP contribution is 2.48. The maximum absolute atomic E-state index is 12.8. The van der Waals surface area contributed by atoms with Crippen molar-refractivity contribution in [3.63, 3.8) is 0 Å². The van der Waals surface area contributed by atoms with Gasteiger partial charge in [-0.15, -0.1) is 0 Å². The van der Waals surface area contributed by atoms with E-state index in [0.717, 1.165) is 16.0 Å². The Kier molecular flexibility index (Phi) is 6.83. The number of amides is 1. The van der Waals surface area contributed by atoms with Gasteiger partial charge in [0, 0.05) is 16.7 Å². The van der Waals surface area contributed by atoms with E-state index in [4.69, 9.17) is 4.84 Å². The summed E-state index contributed by atoms with van der Waals surface area (Å²) in [5, 5.41) is 0. The zero-order valence-electron chi connectivity index (χ0n) is 21.3. The highest BCUT2D eigenvalue weighted by molar-refractivity contribution is 7.99. The number of hydroxylamine groups is 1. The summed E-state index contributed by atoms with van der Waals surface area (Å²) in [6, 6.07) is 20.3. The molecule has 0 radical (unpaired) electrons. The van der Waals surface area contributed by atoms with Crippen molar-refractivity contribution in [2.75, 3.05) is 0 Å². The van der Waals surface area contributed by atoms with Gasteiger partial charge in [0.25, 0.3) is 5.91 Å². The molecule has 0 unspecified atom stereocenters. The molecule has 4 nitrogen and oxygen atoms in total. The van der Waals surface area contributed by atoms with Crippen LogP contribution in [-0.4, -0.2) is 11.9 Å². The lowest BCUT2D eigenvalue weighted by Gasteiger charge is -2.42. The summed E-state index contributed by atoms with van der Waals surface area (Å²) in [6.07, 6.45) is 2.36. The molecule has 0 heterocycles. The molecule has 1 amide bonds. The number of hydrogen-bond acceptors (Lipinski definition) is 4. The maximum Gasteiger partial charge on any atom is 0.329 e. The van der Waals surface area contributed by atoms with Gasteiger partial charge in [-0.25, -0.2) is 0 Å². The average Bonchev–Trinajstić information content (AvgIpc) is 2.82. The SMILES string of the molecule is CC(=O)ONC(=O)c1ccc(Sc2cc3c(cc2C)C(C)(C)CCC3(C)C)cc1-c1ccccc1. The number of benzene rings is 3. The first-order valence-corrected chi connectivity index (χ1v) is 12.8. The van der Waals surface area contributed by atoms with Gasteiger partial charge in [0.2, 0.25) is 0 Å². The molecule has 1 aliphatic rings. The van der Waals surface area contributed by atoms with E-state index in [-0.39, 0.29) is 10.8 Å². The number of fused-ring (bicyclic) bond motifs is 1. The first-order chi connectivity index (χ1) is 16.5. The van der Waals surface area contributed by atoms with Crippen LogP contribution in [0.2, 0.25) is 0 Å².